The standard InChI is InChI=1S/12BH3O3.Li.H/c12*2-1(3)4;;/h12*2-4H;;. The van der Waals surface area contributed by atoms with Crippen LogP contribution in [0.1, 0.15) is 0 Å². The molecule has 0 aromatic rings. The Morgan fingerprint density at radius 3 is 0.102 bits per heavy atom. The van der Waals surface area contributed by atoms with Crippen molar-refractivity contribution in [3.63, 3.8) is 0 Å². The predicted octanol–water partition coefficient (Wildman–Crippen LogP) is -25.3. The van der Waals surface area contributed by atoms with Gasteiger partial charge in [-0.3, -0.25) is 0 Å². The monoisotopic (exact) mass is 752 g/mol. The van der Waals surface area contributed by atoms with Crippen molar-refractivity contribution in [1.29, 1.82) is 0 Å². The van der Waals surface area contributed by atoms with E-state index in [1.807, 2.05) is 0 Å². The van der Waals surface area contributed by atoms with Crippen LogP contribution in [0.5, 0.6) is 0 Å². The van der Waals surface area contributed by atoms with Gasteiger partial charge in [0, 0.05) is 0 Å². The molecule has 49 heteroatoms. The van der Waals surface area contributed by atoms with E-state index in [-0.39, 0.29) is 18.9 Å². The Kier molecular flexibility index (Phi) is 145. The van der Waals surface area contributed by atoms with Gasteiger partial charge in [-0.15, -0.1) is 0 Å². The van der Waals surface area contributed by atoms with E-state index in [4.69, 9.17) is 181 Å². The van der Waals surface area contributed by atoms with E-state index in [1.54, 1.807) is 0 Å². The Labute approximate surface area is 287 Å². The molecule has 36 N–H and O–H groups in total. The third-order valence-corrected chi connectivity index (χ3v) is 0. The van der Waals surface area contributed by atoms with Crippen molar-refractivity contribution in [2.45, 2.75) is 0 Å². The van der Waals surface area contributed by atoms with E-state index >= 15 is 0 Å². The predicted molar refractivity (Wildman–Crippen MR) is 156 cm³/mol. The zero-order chi connectivity index (χ0) is 42.9. The second kappa shape index (κ2) is 81.8. The van der Waals surface area contributed by atoms with Crippen molar-refractivity contribution >= 4 is 107 Å². The van der Waals surface area contributed by atoms with Gasteiger partial charge >= 0.3 is 107 Å². The third-order valence-electron chi connectivity index (χ3n) is 0. The van der Waals surface area contributed by atoms with Crippen LogP contribution in [0.15, 0.2) is 0 Å². The van der Waals surface area contributed by atoms with Gasteiger partial charge in [0.1, 0.15) is 0 Å². The fourth-order valence-electron chi connectivity index (χ4n) is 0. The van der Waals surface area contributed by atoms with E-state index in [9.17, 15) is 0 Å². The van der Waals surface area contributed by atoms with Crippen molar-refractivity contribution in [1.82, 2.24) is 0 Å². The molecular weight excluding hydrogens is 713 g/mol. The molecule has 0 rings (SSSR count). The molecule has 0 spiro atoms. The van der Waals surface area contributed by atoms with E-state index in [1.165, 1.54) is 0 Å². The zero-order valence-corrected chi connectivity index (χ0v) is 23.0. The summed E-state index contributed by atoms with van der Waals surface area (Å²) in [6, 6.07) is 0. The van der Waals surface area contributed by atoms with Crippen molar-refractivity contribution in [2.75, 3.05) is 0 Å². The average Bonchev–Trinajstić information content (AvgIpc) is 2.61. The molecule has 36 nitrogen and oxygen atoms in total. The fourth-order valence-corrected chi connectivity index (χ4v) is 0. The second-order valence-electron chi connectivity index (χ2n) is 4.16. The summed E-state index contributed by atoms with van der Waals surface area (Å²) in [4.78, 5) is 0. The molecule has 0 heterocycles. The SMILES string of the molecule is OB(O)O.OB(O)O.OB(O)O.OB(O)O.OB(O)O.OB(O)O.OB(O)O.OB(O)O.OB(O)O.OB(O)O.OB(O)O.OB(O)O.[LiH]. The Hall–Kier alpha value is -0.0634. The summed E-state index contributed by atoms with van der Waals surface area (Å²) in [5.41, 5.74) is 0. The van der Waals surface area contributed by atoms with Crippen LogP contribution in [-0.4, -0.2) is 288 Å². The van der Waals surface area contributed by atoms with Crippen molar-refractivity contribution < 1.29 is 181 Å². The molecule has 0 atom stereocenters. The molecule has 0 amide bonds. The first-order valence-corrected chi connectivity index (χ1v) is 9.30. The van der Waals surface area contributed by atoms with Crippen molar-refractivity contribution in [3.8, 4) is 0 Å². The molecule has 0 aliphatic heterocycles. The molecule has 0 aromatic heterocycles. The fraction of sp³-hybridized carbons (Fsp3) is 0. The maximum absolute atomic E-state index is 7.17. The van der Waals surface area contributed by atoms with Gasteiger partial charge < -0.3 is 181 Å². The quantitative estimate of drug-likeness (QED) is 0.102. The van der Waals surface area contributed by atoms with Crippen LogP contribution in [0.2, 0.25) is 0 Å². The van der Waals surface area contributed by atoms with Gasteiger partial charge in [0.15, 0.2) is 0 Å². The molecule has 0 bridgehead atoms. The Bertz CT molecular complexity index is 232. The molecule has 0 saturated carbocycles. The van der Waals surface area contributed by atoms with Crippen molar-refractivity contribution in [2.24, 2.45) is 0 Å². The van der Waals surface area contributed by atoms with E-state index < -0.39 is 87.9 Å². The average molecular weight is 750 g/mol. The summed E-state index contributed by atoms with van der Waals surface area (Å²) in [6.07, 6.45) is 0. The molecule has 0 radical (unpaired) electrons. The Morgan fingerprint density at radius 1 is 0.102 bits per heavy atom. The summed E-state index contributed by atoms with van der Waals surface area (Å²) in [6.45, 7) is 0. The van der Waals surface area contributed by atoms with Crippen LogP contribution in [0.4, 0.5) is 0 Å². The van der Waals surface area contributed by atoms with E-state index in [0.717, 1.165) is 0 Å². The first-order chi connectivity index (χ1) is 20.8. The topological polar surface area (TPSA) is 728 Å². The molecule has 0 aromatic carbocycles. The molecule has 0 fully saturated rings. The van der Waals surface area contributed by atoms with Gasteiger partial charge in [0.25, 0.3) is 0 Å². The summed E-state index contributed by atoms with van der Waals surface area (Å²) in [5.74, 6) is 0. The zero-order valence-electron chi connectivity index (χ0n) is 23.0. The molecular formula is H37B12LiO36. The van der Waals surface area contributed by atoms with Gasteiger partial charge in [-0.1, -0.05) is 0 Å². The van der Waals surface area contributed by atoms with E-state index in [2.05, 4.69) is 0 Å². The summed E-state index contributed by atoms with van der Waals surface area (Å²) in [7, 11) is -26.0. The molecule has 0 saturated heterocycles. The Balaban J connectivity index is -0.0000000262. The van der Waals surface area contributed by atoms with Gasteiger partial charge in [-0.05, 0) is 0 Å². The number of rotatable bonds is 0. The molecule has 49 heavy (non-hydrogen) atoms. The number of hydrogen-bond donors (Lipinski definition) is 36. The van der Waals surface area contributed by atoms with Crippen LogP contribution < -0.4 is 0 Å². The van der Waals surface area contributed by atoms with Gasteiger partial charge in [-0.25, -0.2) is 0 Å². The normalized spacial score (nSPS) is 6.61. The molecule has 0 unspecified atom stereocenters. The maximum atomic E-state index is 7.17. The van der Waals surface area contributed by atoms with Crippen molar-refractivity contribution in [3.05, 3.63) is 0 Å². The Morgan fingerprint density at radius 2 is 0.102 bits per heavy atom. The summed E-state index contributed by atoms with van der Waals surface area (Å²) in [5, 5.41) is 258. The summed E-state index contributed by atoms with van der Waals surface area (Å²) >= 11 is 0. The van der Waals surface area contributed by atoms with Crippen LogP contribution in [0.3, 0.4) is 0 Å². The van der Waals surface area contributed by atoms with Gasteiger partial charge in [-0.2, -0.15) is 0 Å². The second-order valence-corrected chi connectivity index (χ2v) is 4.16. The molecule has 0 aliphatic carbocycles. The van der Waals surface area contributed by atoms with Crippen LogP contribution in [-0.2, 0) is 0 Å². The van der Waals surface area contributed by atoms with Crippen LogP contribution in [0.25, 0.3) is 0 Å². The van der Waals surface area contributed by atoms with E-state index in [0.29, 0.717) is 0 Å². The van der Waals surface area contributed by atoms with Gasteiger partial charge in [0.05, 0.1) is 0 Å². The third kappa shape index (κ3) is 25200000. The minimum atomic E-state index is -2.17. The van der Waals surface area contributed by atoms with Crippen LogP contribution in [0, 0.1) is 0 Å². The molecule has 290 valence electrons. The first-order valence-electron chi connectivity index (χ1n) is 9.30. The van der Waals surface area contributed by atoms with Crippen LogP contribution >= 0.6 is 0 Å². The molecule has 0 aliphatic rings. The number of hydrogen-bond acceptors (Lipinski definition) is 36. The summed E-state index contributed by atoms with van der Waals surface area (Å²) < 4.78 is 0. The first kappa shape index (κ1) is 87.1. The van der Waals surface area contributed by atoms with Gasteiger partial charge in [0.2, 0.25) is 0 Å². The minimum absolute atomic E-state index is 0.